The van der Waals surface area contributed by atoms with Crippen molar-refractivity contribution in [1.29, 1.82) is 0 Å². The quantitative estimate of drug-likeness (QED) is 0.758. The van der Waals surface area contributed by atoms with Gasteiger partial charge in [0.25, 0.3) is 0 Å². The Balaban J connectivity index is 2.54. The fourth-order valence-corrected chi connectivity index (χ4v) is 1.36. The van der Waals surface area contributed by atoms with Gasteiger partial charge in [-0.1, -0.05) is 12.1 Å². The van der Waals surface area contributed by atoms with Crippen molar-refractivity contribution in [2.75, 3.05) is 0 Å². The van der Waals surface area contributed by atoms with E-state index in [0.717, 1.165) is 5.56 Å². The Morgan fingerprint density at radius 3 is 2.86 bits per heavy atom. The predicted molar refractivity (Wildman–Crippen MR) is 51.9 cm³/mol. The Morgan fingerprint density at radius 2 is 2.14 bits per heavy atom. The van der Waals surface area contributed by atoms with Crippen LogP contribution in [0.3, 0.4) is 0 Å². The van der Waals surface area contributed by atoms with Crippen LogP contribution in [-0.2, 0) is 6.54 Å². The molecule has 2 aromatic rings. The van der Waals surface area contributed by atoms with Gasteiger partial charge in [-0.25, -0.2) is 4.39 Å². The summed E-state index contributed by atoms with van der Waals surface area (Å²) in [6.07, 6.45) is 1.61. The first-order chi connectivity index (χ1) is 6.83. The first-order valence-corrected chi connectivity index (χ1v) is 4.30. The number of rotatable bonds is 2. The number of aromatic amines is 1. The molecule has 1 aromatic carbocycles. The standard InChI is InChI=1S/C10H10FN3/c11-9-4-2-1-3-8(9)10-7(5-12)6-13-14-10/h1-4,6H,5,12H2,(H,13,14). The molecule has 1 heterocycles. The summed E-state index contributed by atoms with van der Waals surface area (Å²) in [5.41, 5.74) is 7.48. The minimum Gasteiger partial charge on any atom is -0.326 e. The minimum absolute atomic E-state index is 0.272. The van der Waals surface area contributed by atoms with E-state index >= 15 is 0 Å². The summed E-state index contributed by atoms with van der Waals surface area (Å²) in [4.78, 5) is 0. The monoisotopic (exact) mass is 191 g/mol. The molecule has 0 aliphatic heterocycles. The lowest BCUT2D eigenvalue weighted by Crippen LogP contribution is -1.97. The van der Waals surface area contributed by atoms with Gasteiger partial charge in [0.15, 0.2) is 0 Å². The molecule has 0 radical (unpaired) electrons. The number of nitrogens with one attached hydrogen (secondary N) is 1. The molecule has 0 aliphatic rings. The number of nitrogens with two attached hydrogens (primary N) is 1. The summed E-state index contributed by atoms with van der Waals surface area (Å²) in [5.74, 6) is -0.272. The van der Waals surface area contributed by atoms with Crippen LogP contribution in [0.2, 0.25) is 0 Å². The Kier molecular flexibility index (Phi) is 2.28. The van der Waals surface area contributed by atoms with Crippen molar-refractivity contribution in [3.05, 3.63) is 41.8 Å². The third-order valence-electron chi connectivity index (χ3n) is 2.08. The van der Waals surface area contributed by atoms with Crippen molar-refractivity contribution in [1.82, 2.24) is 10.2 Å². The van der Waals surface area contributed by atoms with Crippen LogP contribution in [0.15, 0.2) is 30.5 Å². The van der Waals surface area contributed by atoms with Gasteiger partial charge in [0.05, 0.1) is 11.9 Å². The number of H-pyrrole nitrogens is 1. The summed E-state index contributed by atoms with van der Waals surface area (Å²) in [5, 5.41) is 6.58. The maximum absolute atomic E-state index is 13.4. The van der Waals surface area contributed by atoms with Crippen molar-refractivity contribution >= 4 is 0 Å². The van der Waals surface area contributed by atoms with E-state index in [1.54, 1.807) is 24.4 Å². The number of nitrogens with zero attached hydrogens (tertiary/aromatic N) is 1. The molecular weight excluding hydrogens is 181 g/mol. The molecule has 0 aliphatic carbocycles. The van der Waals surface area contributed by atoms with Crippen molar-refractivity contribution in [3.8, 4) is 11.3 Å². The molecule has 3 N–H and O–H groups in total. The largest absolute Gasteiger partial charge is 0.326 e. The van der Waals surface area contributed by atoms with Crippen molar-refractivity contribution in [2.45, 2.75) is 6.54 Å². The van der Waals surface area contributed by atoms with Gasteiger partial charge in [-0.15, -0.1) is 0 Å². The number of aromatic nitrogens is 2. The number of hydrogen-bond acceptors (Lipinski definition) is 2. The number of benzene rings is 1. The topological polar surface area (TPSA) is 54.7 Å². The first-order valence-electron chi connectivity index (χ1n) is 4.30. The predicted octanol–water partition coefficient (Wildman–Crippen LogP) is 1.67. The highest BCUT2D eigenvalue weighted by molar-refractivity contribution is 5.63. The molecule has 3 nitrogen and oxygen atoms in total. The Morgan fingerprint density at radius 1 is 1.36 bits per heavy atom. The fraction of sp³-hybridized carbons (Fsp3) is 0.100. The van der Waals surface area contributed by atoms with E-state index in [1.807, 2.05) is 0 Å². The molecule has 4 heteroatoms. The highest BCUT2D eigenvalue weighted by Gasteiger charge is 2.09. The molecule has 0 saturated carbocycles. The average Bonchev–Trinajstić information content (AvgIpc) is 2.66. The molecule has 2 rings (SSSR count). The van der Waals surface area contributed by atoms with Gasteiger partial charge in [-0.05, 0) is 12.1 Å². The lowest BCUT2D eigenvalue weighted by Gasteiger charge is -2.01. The second kappa shape index (κ2) is 3.59. The van der Waals surface area contributed by atoms with Crippen molar-refractivity contribution in [3.63, 3.8) is 0 Å². The van der Waals surface area contributed by atoms with E-state index in [0.29, 0.717) is 17.8 Å². The van der Waals surface area contributed by atoms with Gasteiger partial charge >= 0.3 is 0 Å². The number of hydrogen-bond donors (Lipinski definition) is 2. The highest BCUT2D eigenvalue weighted by Crippen LogP contribution is 2.23. The molecule has 0 unspecified atom stereocenters. The summed E-state index contributed by atoms with van der Waals surface area (Å²) >= 11 is 0. The maximum atomic E-state index is 13.4. The van der Waals surface area contributed by atoms with E-state index in [4.69, 9.17) is 5.73 Å². The second-order valence-electron chi connectivity index (χ2n) is 2.95. The SMILES string of the molecule is NCc1cn[nH]c1-c1ccccc1F. The molecular formula is C10H10FN3. The highest BCUT2D eigenvalue weighted by atomic mass is 19.1. The zero-order chi connectivity index (χ0) is 9.97. The van der Waals surface area contributed by atoms with Crippen LogP contribution in [0.25, 0.3) is 11.3 Å². The minimum atomic E-state index is -0.272. The molecule has 0 atom stereocenters. The second-order valence-corrected chi connectivity index (χ2v) is 2.95. The molecule has 14 heavy (non-hydrogen) atoms. The zero-order valence-corrected chi connectivity index (χ0v) is 7.50. The van der Waals surface area contributed by atoms with E-state index in [2.05, 4.69) is 10.2 Å². The van der Waals surface area contributed by atoms with Crippen molar-refractivity contribution < 1.29 is 4.39 Å². The maximum Gasteiger partial charge on any atom is 0.132 e. The van der Waals surface area contributed by atoms with Crippen LogP contribution in [0, 0.1) is 5.82 Å². The van der Waals surface area contributed by atoms with Gasteiger partial charge in [0.2, 0.25) is 0 Å². The van der Waals surface area contributed by atoms with E-state index in [9.17, 15) is 4.39 Å². The van der Waals surface area contributed by atoms with Crippen LogP contribution in [0.5, 0.6) is 0 Å². The van der Waals surface area contributed by atoms with Crippen LogP contribution in [0.1, 0.15) is 5.56 Å². The first kappa shape index (κ1) is 8.90. The van der Waals surface area contributed by atoms with Crippen LogP contribution in [-0.4, -0.2) is 10.2 Å². The Hall–Kier alpha value is -1.68. The molecule has 1 aromatic heterocycles. The molecule has 0 bridgehead atoms. The molecule has 0 amide bonds. The van der Waals surface area contributed by atoms with Gasteiger partial charge < -0.3 is 5.73 Å². The number of halogens is 1. The zero-order valence-electron chi connectivity index (χ0n) is 7.50. The summed E-state index contributed by atoms with van der Waals surface area (Å²) in [6, 6.07) is 6.54. The van der Waals surface area contributed by atoms with Gasteiger partial charge in [-0.2, -0.15) is 5.10 Å². The Labute approximate surface area is 80.8 Å². The van der Waals surface area contributed by atoms with Crippen LogP contribution in [0.4, 0.5) is 4.39 Å². The summed E-state index contributed by atoms with van der Waals surface area (Å²) in [7, 11) is 0. The average molecular weight is 191 g/mol. The van der Waals surface area contributed by atoms with E-state index in [-0.39, 0.29) is 5.82 Å². The third-order valence-corrected chi connectivity index (χ3v) is 2.08. The van der Waals surface area contributed by atoms with Crippen molar-refractivity contribution in [2.24, 2.45) is 5.73 Å². The van der Waals surface area contributed by atoms with Gasteiger partial charge in [0, 0.05) is 17.7 Å². The van der Waals surface area contributed by atoms with Crippen LogP contribution < -0.4 is 5.73 Å². The van der Waals surface area contributed by atoms with E-state index < -0.39 is 0 Å². The molecule has 0 fully saturated rings. The lowest BCUT2D eigenvalue weighted by atomic mass is 10.1. The van der Waals surface area contributed by atoms with Crippen LogP contribution >= 0.6 is 0 Å². The normalized spacial score (nSPS) is 10.4. The third kappa shape index (κ3) is 1.40. The van der Waals surface area contributed by atoms with E-state index in [1.165, 1.54) is 6.07 Å². The summed E-state index contributed by atoms with van der Waals surface area (Å²) in [6.45, 7) is 0.347. The molecule has 72 valence electrons. The van der Waals surface area contributed by atoms with Gasteiger partial charge in [-0.3, -0.25) is 5.10 Å². The smallest absolute Gasteiger partial charge is 0.132 e. The van der Waals surface area contributed by atoms with Gasteiger partial charge in [0.1, 0.15) is 5.82 Å². The molecule has 0 spiro atoms. The Bertz CT molecular complexity index is 436. The summed E-state index contributed by atoms with van der Waals surface area (Å²) < 4.78 is 13.4. The fourth-order valence-electron chi connectivity index (χ4n) is 1.36. The molecule has 0 saturated heterocycles. The lowest BCUT2D eigenvalue weighted by molar-refractivity contribution is 0.630.